The molecule has 3 heteroatoms. The Morgan fingerprint density at radius 3 is 2.92 bits per heavy atom. The summed E-state index contributed by atoms with van der Waals surface area (Å²) in [7, 11) is 0. The smallest absolute Gasteiger partial charge is 0.226 e. The summed E-state index contributed by atoms with van der Waals surface area (Å²) >= 11 is 0. The van der Waals surface area contributed by atoms with Gasteiger partial charge in [-0.2, -0.15) is 0 Å². The zero-order valence-corrected chi connectivity index (χ0v) is 7.82. The lowest BCUT2D eigenvalue weighted by Gasteiger charge is -2.19. The van der Waals surface area contributed by atoms with Gasteiger partial charge in [-0.25, -0.2) is 0 Å². The number of ether oxygens (including phenoxy) is 1. The number of rotatable bonds is 3. The van der Waals surface area contributed by atoms with Crippen LogP contribution in [0.4, 0.5) is 0 Å². The molecule has 0 amide bonds. The molecule has 0 N–H and O–H groups in total. The van der Waals surface area contributed by atoms with Gasteiger partial charge < -0.3 is 9.57 Å². The highest BCUT2D eigenvalue weighted by Crippen LogP contribution is 2.13. The molecule has 0 bridgehead atoms. The predicted molar refractivity (Wildman–Crippen MR) is 48.0 cm³/mol. The first-order valence-corrected chi connectivity index (χ1v) is 4.60. The molecule has 1 aliphatic rings. The first-order valence-electron chi connectivity index (χ1n) is 4.60. The third-order valence-corrected chi connectivity index (χ3v) is 1.68. The highest BCUT2D eigenvalue weighted by molar-refractivity contribution is 5.58. The van der Waals surface area contributed by atoms with Crippen molar-refractivity contribution < 1.29 is 9.57 Å². The Kier molecular flexibility index (Phi) is 4.08. The minimum atomic E-state index is -0.103. The summed E-state index contributed by atoms with van der Waals surface area (Å²) in [4.78, 5) is 5.14. The van der Waals surface area contributed by atoms with Crippen molar-refractivity contribution in [2.45, 2.75) is 39.4 Å². The molecule has 0 aromatic rings. The van der Waals surface area contributed by atoms with Crippen LogP contribution >= 0.6 is 0 Å². The average molecular weight is 171 g/mol. The van der Waals surface area contributed by atoms with Gasteiger partial charge in [-0.05, 0) is 18.8 Å². The predicted octanol–water partition coefficient (Wildman–Crippen LogP) is 2.17. The molecule has 1 saturated heterocycles. The van der Waals surface area contributed by atoms with E-state index in [1.54, 1.807) is 6.21 Å². The molecule has 0 aromatic carbocycles. The molecule has 1 fully saturated rings. The van der Waals surface area contributed by atoms with Gasteiger partial charge in [0.25, 0.3) is 0 Å². The fraction of sp³-hybridized carbons (Fsp3) is 0.889. The zero-order valence-electron chi connectivity index (χ0n) is 7.82. The topological polar surface area (TPSA) is 30.8 Å². The summed E-state index contributed by atoms with van der Waals surface area (Å²) in [6.07, 6.45) is 4.98. The minimum absolute atomic E-state index is 0.103. The van der Waals surface area contributed by atoms with E-state index in [1.807, 2.05) is 0 Å². The number of hydrogen-bond acceptors (Lipinski definition) is 3. The van der Waals surface area contributed by atoms with E-state index >= 15 is 0 Å². The van der Waals surface area contributed by atoms with Crippen molar-refractivity contribution in [1.29, 1.82) is 0 Å². The molecule has 0 saturated carbocycles. The van der Waals surface area contributed by atoms with Crippen LogP contribution in [0.15, 0.2) is 5.16 Å². The van der Waals surface area contributed by atoms with E-state index in [0.717, 1.165) is 19.4 Å². The lowest BCUT2D eigenvalue weighted by molar-refractivity contribution is -0.162. The molecule has 1 rings (SSSR count). The normalized spacial score (nSPS) is 25.1. The van der Waals surface area contributed by atoms with Crippen molar-refractivity contribution in [3.63, 3.8) is 0 Å². The molecule has 0 aliphatic carbocycles. The van der Waals surface area contributed by atoms with Crippen molar-refractivity contribution in [3.05, 3.63) is 0 Å². The molecule has 0 aromatic heterocycles. The SMILES string of the molecule is CC(C)C=NOC1CCCCO1. The van der Waals surface area contributed by atoms with Crippen LogP contribution in [-0.4, -0.2) is 19.1 Å². The van der Waals surface area contributed by atoms with Crippen LogP contribution in [0.25, 0.3) is 0 Å². The second-order valence-electron chi connectivity index (χ2n) is 3.40. The molecule has 1 unspecified atom stereocenters. The van der Waals surface area contributed by atoms with Crippen molar-refractivity contribution in [2.75, 3.05) is 6.61 Å². The summed E-state index contributed by atoms with van der Waals surface area (Å²) in [5, 5.41) is 3.84. The van der Waals surface area contributed by atoms with E-state index in [1.165, 1.54) is 6.42 Å². The Hall–Kier alpha value is -0.570. The third-order valence-electron chi connectivity index (χ3n) is 1.68. The van der Waals surface area contributed by atoms with E-state index in [9.17, 15) is 0 Å². The highest BCUT2D eigenvalue weighted by atomic mass is 16.8. The van der Waals surface area contributed by atoms with Gasteiger partial charge >= 0.3 is 0 Å². The van der Waals surface area contributed by atoms with Crippen molar-refractivity contribution in [2.24, 2.45) is 11.1 Å². The Bertz CT molecular complexity index is 139. The molecule has 0 spiro atoms. The highest BCUT2D eigenvalue weighted by Gasteiger charge is 2.13. The van der Waals surface area contributed by atoms with E-state index in [4.69, 9.17) is 9.57 Å². The minimum Gasteiger partial charge on any atom is -0.364 e. The van der Waals surface area contributed by atoms with Crippen LogP contribution in [0.5, 0.6) is 0 Å². The maximum Gasteiger partial charge on any atom is 0.226 e. The average Bonchev–Trinajstić information content (AvgIpc) is 2.05. The van der Waals surface area contributed by atoms with Crippen molar-refractivity contribution in [3.8, 4) is 0 Å². The van der Waals surface area contributed by atoms with E-state index < -0.39 is 0 Å². The lowest BCUT2D eigenvalue weighted by atomic mass is 10.2. The molecule has 12 heavy (non-hydrogen) atoms. The summed E-state index contributed by atoms with van der Waals surface area (Å²) in [5.74, 6) is 0.439. The fourth-order valence-electron chi connectivity index (χ4n) is 1.02. The standard InChI is InChI=1S/C9H17NO2/c1-8(2)7-10-12-9-5-3-4-6-11-9/h7-9H,3-6H2,1-2H3. The van der Waals surface area contributed by atoms with Crippen molar-refractivity contribution >= 4 is 6.21 Å². The zero-order chi connectivity index (χ0) is 8.81. The number of oxime groups is 1. The maximum absolute atomic E-state index is 5.32. The lowest BCUT2D eigenvalue weighted by Crippen LogP contribution is -2.20. The van der Waals surface area contributed by atoms with Gasteiger partial charge in [0, 0.05) is 12.6 Å². The Balaban J connectivity index is 2.12. The van der Waals surface area contributed by atoms with Crippen LogP contribution in [-0.2, 0) is 9.57 Å². The van der Waals surface area contributed by atoms with Crippen LogP contribution in [0.1, 0.15) is 33.1 Å². The maximum atomic E-state index is 5.32. The van der Waals surface area contributed by atoms with Gasteiger partial charge in [-0.1, -0.05) is 19.0 Å². The van der Waals surface area contributed by atoms with Gasteiger partial charge in [0.05, 0.1) is 6.61 Å². The van der Waals surface area contributed by atoms with Crippen LogP contribution in [0, 0.1) is 5.92 Å². The Morgan fingerprint density at radius 2 is 2.33 bits per heavy atom. The summed E-state index contributed by atoms with van der Waals surface area (Å²) in [5.41, 5.74) is 0. The summed E-state index contributed by atoms with van der Waals surface area (Å²) in [6.45, 7) is 4.94. The Labute approximate surface area is 73.7 Å². The van der Waals surface area contributed by atoms with Gasteiger partial charge in [0.15, 0.2) is 0 Å². The van der Waals surface area contributed by atoms with E-state index in [0.29, 0.717) is 5.92 Å². The molecule has 1 atom stereocenters. The van der Waals surface area contributed by atoms with Gasteiger partial charge in [0.2, 0.25) is 6.29 Å². The third kappa shape index (κ3) is 3.72. The van der Waals surface area contributed by atoms with Crippen LogP contribution in [0.2, 0.25) is 0 Å². The van der Waals surface area contributed by atoms with Crippen LogP contribution < -0.4 is 0 Å². The summed E-state index contributed by atoms with van der Waals surface area (Å²) in [6, 6.07) is 0. The first kappa shape index (κ1) is 9.52. The quantitative estimate of drug-likeness (QED) is 0.481. The van der Waals surface area contributed by atoms with E-state index in [2.05, 4.69) is 19.0 Å². The molecule has 3 nitrogen and oxygen atoms in total. The first-order chi connectivity index (χ1) is 5.79. The monoisotopic (exact) mass is 171 g/mol. The number of hydrogen-bond donors (Lipinski definition) is 0. The van der Waals surface area contributed by atoms with Gasteiger partial charge in [-0.3, -0.25) is 0 Å². The van der Waals surface area contributed by atoms with Crippen molar-refractivity contribution in [1.82, 2.24) is 0 Å². The van der Waals surface area contributed by atoms with Gasteiger partial charge in [0.1, 0.15) is 0 Å². The van der Waals surface area contributed by atoms with E-state index in [-0.39, 0.29) is 6.29 Å². The second-order valence-corrected chi connectivity index (χ2v) is 3.40. The number of nitrogens with zero attached hydrogens (tertiary/aromatic N) is 1. The largest absolute Gasteiger partial charge is 0.364 e. The molecule has 1 heterocycles. The fourth-order valence-corrected chi connectivity index (χ4v) is 1.02. The molecule has 0 radical (unpaired) electrons. The molecule has 1 aliphatic heterocycles. The Morgan fingerprint density at radius 1 is 1.50 bits per heavy atom. The summed E-state index contributed by atoms with van der Waals surface area (Å²) < 4.78 is 5.32. The molecular weight excluding hydrogens is 154 g/mol. The van der Waals surface area contributed by atoms with Gasteiger partial charge in [-0.15, -0.1) is 0 Å². The molecule has 70 valence electrons. The van der Waals surface area contributed by atoms with Crippen LogP contribution in [0.3, 0.4) is 0 Å². The second kappa shape index (κ2) is 5.14. The molecular formula is C9H17NO2.